The van der Waals surface area contributed by atoms with Crippen molar-refractivity contribution in [1.82, 2.24) is 0 Å². The lowest BCUT2D eigenvalue weighted by Crippen LogP contribution is -2.07. The maximum Gasteiger partial charge on any atom is 0.136 e. The van der Waals surface area contributed by atoms with Crippen LogP contribution in [0.1, 0.15) is 17.4 Å². The van der Waals surface area contributed by atoms with Crippen molar-refractivity contribution < 1.29 is 18.7 Å². The van der Waals surface area contributed by atoms with Crippen molar-refractivity contribution in [3.05, 3.63) is 71.7 Å². The number of furan rings is 1. The van der Waals surface area contributed by atoms with E-state index in [-0.39, 0.29) is 19.0 Å². The first-order valence-electron chi connectivity index (χ1n) is 6.72. The van der Waals surface area contributed by atoms with Crippen LogP contribution >= 0.6 is 0 Å². The highest BCUT2D eigenvalue weighted by Gasteiger charge is 2.13. The molecule has 2 aromatic carbocycles. The number of hydrogen-bond acceptors (Lipinski definition) is 3. The van der Waals surface area contributed by atoms with Gasteiger partial charge in [-0.15, -0.1) is 0 Å². The fourth-order valence-corrected chi connectivity index (χ4v) is 2.14. The molecule has 1 aromatic heterocycles. The number of halogens is 1. The molecule has 4 heteroatoms. The molecule has 0 amide bonds. The molecular formula is C17H15FO3. The van der Waals surface area contributed by atoms with Crippen LogP contribution in [-0.4, -0.2) is 11.7 Å². The summed E-state index contributed by atoms with van der Waals surface area (Å²) >= 11 is 0. The summed E-state index contributed by atoms with van der Waals surface area (Å²) in [6, 6.07) is 15.7. The average molecular weight is 286 g/mol. The van der Waals surface area contributed by atoms with Gasteiger partial charge in [-0.2, -0.15) is 0 Å². The van der Waals surface area contributed by atoms with Crippen LogP contribution in [-0.2, 0) is 11.3 Å². The Morgan fingerprint density at radius 2 is 1.86 bits per heavy atom. The van der Waals surface area contributed by atoms with E-state index in [1.165, 1.54) is 6.07 Å². The number of hydrogen-bond donors (Lipinski definition) is 1. The van der Waals surface area contributed by atoms with Crippen LogP contribution in [0.2, 0.25) is 0 Å². The molecule has 0 saturated carbocycles. The molecule has 21 heavy (non-hydrogen) atoms. The van der Waals surface area contributed by atoms with Crippen LogP contribution in [0, 0.1) is 5.82 Å². The normalized spacial score (nSPS) is 12.7. The molecule has 1 atom stereocenters. The molecule has 0 spiro atoms. The fraction of sp³-hybridized carbons (Fsp3) is 0.176. The molecule has 1 N–H and O–H groups in total. The third-order valence-electron chi connectivity index (χ3n) is 3.26. The Morgan fingerprint density at radius 1 is 1.10 bits per heavy atom. The zero-order chi connectivity index (χ0) is 14.7. The first kappa shape index (κ1) is 13.8. The lowest BCUT2D eigenvalue weighted by Gasteiger charge is -2.09. The van der Waals surface area contributed by atoms with Gasteiger partial charge in [-0.25, -0.2) is 4.39 Å². The Hall–Kier alpha value is -2.17. The van der Waals surface area contributed by atoms with E-state index < -0.39 is 6.10 Å². The molecule has 0 fully saturated rings. The van der Waals surface area contributed by atoms with Crippen LogP contribution in [0.3, 0.4) is 0 Å². The van der Waals surface area contributed by atoms with E-state index in [9.17, 15) is 9.50 Å². The van der Waals surface area contributed by atoms with Gasteiger partial charge in [0.25, 0.3) is 0 Å². The van der Waals surface area contributed by atoms with Crippen molar-refractivity contribution in [3.63, 3.8) is 0 Å². The number of aliphatic hydroxyl groups is 1. The average Bonchev–Trinajstić information content (AvgIpc) is 2.93. The van der Waals surface area contributed by atoms with Gasteiger partial charge >= 0.3 is 0 Å². The molecular weight excluding hydrogens is 271 g/mol. The highest BCUT2D eigenvalue weighted by atomic mass is 19.1. The number of rotatable bonds is 5. The van der Waals surface area contributed by atoms with Crippen LogP contribution < -0.4 is 0 Å². The van der Waals surface area contributed by atoms with Gasteiger partial charge in [0.1, 0.15) is 23.3 Å². The van der Waals surface area contributed by atoms with Crippen LogP contribution in [0.15, 0.2) is 59.0 Å². The Labute approximate surface area is 121 Å². The summed E-state index contributed by atoms with van der Waals surface area (Å²) in [6.45, 7) is 0.165. The lowest BCUT2D eigenvalue weighted by atomic mass is 10.2. The highest BCUT2D eigenvalue weighted by Crippen LogP contribution is 2.24. The van der Waals surface area contributed by atoms with E-state index in [4.69, 9.17) is 9.15 Å². The number of aliphatic hydroxyl groups excluding tert-OH is 1. The van der Waals surface area contributed by atoms with Crippen molar-refractivity contribution in [3.8, 4) is 0 Å². The van der Waals surface area contributed by atoms with Crippen LogP contribution in [0.5, 0.6) is 0 Å². The molecule has 108 valence electrons. The first-order valence-corrected chi connectivity index (χ1v) is 6.72. The predicted octanol–water partition coefficient (Wildman–Crippen LogP) is 3.82. The summed E-state index contributed by atoms with van der Waals surface area (Å²) in [5, 5.41) is 11.0. The van der Waals surface area contributed by atoms with Gasteiger partial charge in [-0.1, -0.05) is 36.4 Å². The van der Waals surface area contributed by atoms with Gasteiger partial charge in [-0.3, -0.25) is 0 Å². The minimum Gasteiger partial charge on any atom is -0.458 e. The van der Waals surface area contributed by atoms with Gasteiger partial charge < -0.3 is 14.3 Å². The molecule has 0 aliphatic carbocycles. The second-order valence-corrected chi connectivity index (χ2v) is 4.81. The summed E-state index contributed by atoms with van der Waals surface area (Å²) in [7, 11) is 0. The second-order valence-electron chi connectivity index (χ2n) is 4.81. The van der Waals surface area contributed by atoms with E-state index in [1.807, 2.05) is 24.3 Å². The van der Waals surface area contributed by atoms with Gasteiger partial charge in [0.2, 0.25) is 0 Å². The number of ether oxygens (including phenoxy) is 1. The summed E-state index contributed by atoms with van der Waals surface area (Å²) in [4.78, 5) is 0. The molecule has 0 aliphatic rings. The summed E-state index contributed by atoms with van der Waals surface area (Å²) in [5.41, 5.74) is 1.19. The summed E-state index contributed by atoms with van der Waals surface area (Å²) in [6.07, 6.45) is -0.871. The maximum atomic E-state index is 13.4. The molecule has 3 nitrogen and oxygen atoms in total. The Balaban J connectivity index is 1.61. The van der Waals surface area contributed by atoms with Gasteiger partial charge in [0.15, 0.2) is 0 Å². The zero-order valence-corrected chi connectivity index (χ0v) is 11.3. The first-order chi connectivity index (χ1) is 10.2. The predicted molar refractivity (Wildman–Crippen MR) is 77.2 cm³/mol. The molecule has 1 heterocycles. The second kappa shape index (κ2) is 6.08. The number of para-hydroxylation sites is 1. The Kier molecular flexibility index (Phi) is 3.99. The van der Waals surface area contributed by atoms with Crippen molar-refractivity contribution >= 4 is 11.0 Å². The van der Waals surface area contributed by atoms with Gasteiger partial charge in [-0.05, 0) is 18.2 Å². The molecule has 3 aromatic rings. The minimum absolute atomic E-state index is 0.0498. The van der Waals surface area contributed by atoms with Crippen LogP contribution in [0.4, 0.5) is 4.39 Å². The van der Waals surface area contributed by atoms with Crippen molar-refractivity contribution in [2.24, 2.45) is 0 Å². The summed E-state index contributed by atoms with van der Waals surface area (Å²) in [5.74, 6) is 0.139. The highest BCUT2D eigenvalue weighted by molar-refractivity contribution is 5.77. The molecule has 1 unspecified atom stereocenters. The third kappa shape index (κ3) is 3.12. The molecule has 0 radical (unpaired) electrons. The lowest BCUT2D eigenvalue weighted by molar-refractivity contribution is 0.0171. The summed E-state index contributed by atoms with van der Waals surface area (Å²) < 4.78 is 24.3. The van der Waals surface area contributed by atoms with Crippen molar-refractivity contribution in [2.45, 2.75) is 12.7 Å². The van der Waals surface area contributed by atoms with Crippen LogP contribution in [0.25, 0.3) is 11.0 Å². The van der Waals surface area contributed by atoms with E-state index >= 15 is 0 Å². The Morgan fingerprint density at radius 3 is 2.67 bits per heavy atom. The van der Waals surface area contributed by atoms with Crippen molar-refractivity contribution in [1.29, 1.82) is 0 Å². The van der Waals surface area contributed by atoms with Gasteiger partial charge in [0, 0.05) is 10.9 Å². The zero-order valence-electron chi connectivity index (χ0n) is 11.3. The smallest absolute Gasteiger partial charge is 0.136 e. The molecule has 3 rings (SSSR count). The van der Waals surface area contributed by atoms with E-state index in [2.05, 4.69) is 0 Å². The molecule has 0 bridgehead atoms. The maximum absolute atomic E-state index is 13.4. The fourth-order valence-electron chi connectivity index (χ4n) is 2.14. The molecule has 0 saturated heterocycles. The monoisotopic (exact) mass is 286 g/mol. The van der Waals surface area contributed by atoms with E-state index in [0.29, 0.717) is 11.3 Å². The standard InChI is InChI=1S/C17H15FO3/c18-14-7-3-1-6-13(14)10-20-11-15(19)17-9-12-5-2-4-8-16(12)21-17/h1-9,15,19H,10-11H2. The number of benzene rings is 2. The topological polar surface area (TPSA) is 42.6 Å². The largest absolute Gasteiger partial charge is 0.458 e. The SMILES string of the molecule is OC(COCc1ccccc1F)c1cc2ccccc2o1. The minimum atomic E-state index is -0.871. The Bertz CT molecular complexity index is 702. The number of fused-ring (bicyclic) bond motifs is 1. The van der Waals surface area contributed by atoms with E-state index in [0.717, 1.165) is 11.0 Å². The van der Waals surface area contributed by atoms with Crippen molar-refractivity contribution in [2.75, 3.05) is 6.61 Å². The molecule has 0 aliphatic heterocycles. The van der Waals surface area contributed by atoms with E-state index in [1.54, 1.807) is 24.3 Å². The quantitative estimate of drug-likeness (QED) is 0.775. The van der Waals surface area contributed by atoms with Gasteiger partial charge in [0.05, 0.1) is 13.2 Å². The third-order valence-corrected chi connectivity index (χ3v) is 3.26.